The summed E-state index contributed by atoms with van der Waals surface area (Å²) in [6.45, 7) is 10.8. The van der Waals surface area contributed by atoms with E-state index >= 15 is 0 Å². The lowest BCUT2D eigenvalue weighted by Crippen LogP contribution is -2.38. The number of hydrogen-bond donors (Lipinski definition) is 2. The van der Waals surface area contributed by atoms with E-state index in [2.05, 4.69) is 14.9 Å². The van der Waals surface area contributed by atoms with Crippen LogP contribution in [0.15, 0.2) is 29.2 Å². The number of hydrogen-bond acceptors (Lipinski definition) is 6. The van der Waals surface area contributed by atoms with Crippen LogP contribution in [0.2, 0.25) is 0 Å². The van der Waals surface area contributed by atoms with E-state index in [0.717, 1.165) is 39.3 Å². The highest BCUT2D eigenvalue weighted by atomic mass is 32.2. The van der Waals surface area contributed by atoms with E-state index in [1.165, 1.54) is 12.1 Å². The molecule has 0 unspecified atom stereocenters. The van der Waals surface area contributed by atoms with Crippen molar-refractivity contribution in [1.82, 2.24) is 14.9 Å². The molecule has 1 amide bonds. The molecule has 1 saturated heterocycles. The molecule has 0 radical (unpaired) electrons. The van der Waals surface area contributed by atoms with Crippen molar-refractivity contribution in [3.8, 4) is 5.75 Å². The fourth-order valence-corrected chi connectivity index (χ4v) is 3.89. The van der Waals surface area contributed by atoms with Crippen molar-refractivity contribution in [3.63, 3.8) is 0 Å². The van der Waals surface area contributed by atoms with Crippen molar-refractivity contribution in [3.05, 3.63) is 24.3 Å². The molecule has 0 aliphatic carbocycles. The number of amides is 1. The molecule has 8 nitrogen and oxygen atoms in total. The van der Waals surface area contributed by atoms with Crippen molar-refractivity contribution in [1.29, 1.82) is 0 Å². The third-order valence-electron chi connectivity index (χ3n) is 4.55. The summed E-state index contributed by atoms with van der Waals surface area (Å²) < 4.78 is 38.4. The molecule has 1 aromatic carbocycles. The number of morpholine rings is 1. The van der Waals surface area contributed by atoms with E-state index in [-0.39, 0.29) is 10.8 Å². The summed E-state index contributed by atoms with van der Waals surface area (Å²) in [7, 11) is -3.57. The zero-order chi connectivity index (χ0) is 21.3. The van der Waals surface area contributed by atoms with Gasteiger partial charge in [-0.05, 0) is 50.1 Å². The molecule has 0 aromatic heterocycles. The van der Waals surface area contributed by atoms with Crippen LogP contribution in [0, 0.1) is 5.92 Å². The molecule has 1 heterocycles. The van der Waals surface area contributed by atoms with Crippen LogP contribution in [0.3, 0.4) is 0 Å². The van der Waals surface area contributed by atoms with Crippen molar-refractivity contribution in [2.75, 3.05) is 45.9 Å². The van der Waals surface area contributed by atoms with Gasteiger partial charge in [-0.15, -0.1) is 0 Å². The monoisotopic (exact) mass is 427 g/mol. The first-order chi connectivity index (χ1) is 13.8. The summed E-state index contributed by atoms with van der Waals surface area (Å²) in [5, 5.41) is 2.81. The molecule has 9 heteroatoms. The van der Waals surface area contributed by atoms with Crippen LogP contribution in [-0.4, -0.2) is 71.3 Å². The Bertz CT molecular complexity index is 731. The number of carbonyl (C=O) groups is 1. The van der Waals surface area contributed by atoms with Crippen LogP contribution in [-0.2, 0) is 19.6 Å². The zero-order valence-corrected chi connectivity index (χ0v) is 18.3. The Balaban J connectivity index is 1.78. The van der Waals surface area contributed by atoms with Gasteiger partial charge in [0.2, 0.25) is 10.0 Å². The predicted molar refractivity (Wildman–Crippen MR) is 111 cm³/mol. The summed E-state index contributed by atoms with van der Waals surface area (Å²) in [6.07, 6.45) is 0.0817. The number of benzene rings is 1. The minimum atomic E-state index is -3.57. The summed E-state index contributed by atoms with van der Waals surface area (Å²) in [6, 6.07) is 6.10. The van der Waals surface area contributed by atoms with Crippen LogP contribution >= 0.6 is 0 Å². The van der Waals surface area contributed by atoms with Gasteiger partial charge in [-0.2, -0.15) is 0 Å². The van der Waals surface area contributed by atoms with E-state index in [4.69, 9.17) is 9.47 Å². The lowest BCUT2D eigenvalue weighted by molar-refractivity contribution is -0.127. The summed E-state index contributed by atoms with van der Waals surface area (Å²) in [5.74, 6) is 0.609. The van der Waals surface area contributed by atoms with Crippen LogP contribution in [0.25, 0.3) is 0 Å². The molecule has 1 aliphatic rings. The van der Waals surface area contributed by atoms with E-state index in [1.807, 2.05) is 13.8 Å². The Hall–Kier alpha value is -1.68. The van der Waals surface area contributed by atoms with Gasteiger partial charge in [-0.25, -0.2) is 13.1 Å². The Kier molecular flexibility index (Phi) is 9.35. The second-order valence-electron chi connectivity index (χ2n) is 7.58. The first-order valence-corrected chi connectivity index (χ1v) is 11.6. The molecule has 2 rings (SSSR count). The average molecular weight is 428 g/mol. The molecular weight excluding hydrogens is 394 g/mol. The van der Waals surface area contributed by atoms with Crippen LogP contribution < -0.4 is 14.8 Å². The fourth-order valence-electron chi connectivity index (χ4n) is 2.82. The maximum Gasteiger partial charge on any atom is 0.260 e. The Morgan fingerprint density at radius 3 is 2.45 bits per heavy atom. The summed E-state index contributed by atoms with van der Waals surface area (Å²) in [5.41, 5.74) is 0. The molecule has 1 fully saturated rings. The van der Waals surface area contributed by atoms with Gasteiger partial charge in [0.05, 0.1) is 18.1 Å². The molecule has 0 bridgehead atoms. The smallest absolute Gasteiger partial charge is 0.260 e. The second-order valence-corrected chi connectivity index (χ2v) is 9.34. The normalized spacial score (nSPS) is 16.6. The molecular formula is C20H33N3O5S. The first kappa shape index (κ1) is 23.6. The minimum absolute atomic E-state index is 0.174. The van der Waals surface area contributed by atoms with Gasteiger partial charge in [0.1, 0.15) is 5.75 Å². The number of carbonyl (C=O) groups excluding carboxylic acids is 1. The van der Waals surface area contributed by atoms with Gasteiger partial charge in [0.15, 0.2) is 6.10 Å². The Labute approximate surface area is 174 Å². The number of nitrogens with zero attached hydrogens (tertiary/aromatic N) is 1. The molecule has 0 saturated carbocycles. The number of sulfonamides is 1. The largest absolute Gasteiger partial charge is 0.481 e. The Morgan fingerprint density at radius 2 is 1.83 bits per heavy atom. The molecule has 29 heavy (non-hydrogen) atoms. The maximum absolute atomic E-state index is 12.4. The third kappa shape index (κ3) is 8.30. The van der Waals surface area contributed by atoms with Crippen molar-refractivity contribution in [2.45, 2.75) is 38.2 Å². The highest BCUT2D eigenvalue weighted by Gasteiger charge is 2.17. The molecule has 1 aromatic rings. The van der Waals surface area contributed by atoms with Crippen molar-refractivity contribution < 1.29 is 22.7 Å². The Morgan fingerprint density at radius 1 is 1.17 bits per heavy atom. The fraction of sp³-hybridized carbons (Fsp3) is 0.650. The number of ether oxygens (including phenoxy) is 2. The highest BCUT2D eigenvalue weighted by molar-refractivity contribution is 7.89. The second kappa shape index (κ2) is 11.5. The van der Waals surface area contributed by atoms with Crippen molar-refractivity contribution in [2.24, 2.45) is 5.92 Å². The lowest BCUT2D eigenvalue weighted by atomic mass is 10.2. The number of nitrogens with one attached hydrogen (secondary N) is 2. The zero-order valence-electron chi connectivity index (χ0n) is 17.5. The topological polar surface area (TPSA) is 97.0 Å². The summed E-state index contributed by atoms with van der Waals surface area (Å²) in [4.78, 5) is 14.4. The van der Waals surface area contributed by atoms with E-state index in [9.17, 15) is 13.2 Å². The van der Waals surface area contributed by atoms with Crippen molar-refractivity contribution >= 4 is 15.9 Å². The molecule has 2 N–H and O–H groups in total. The van der Waals surface area contributed by atoms with Crippen LogP contribution in [0.4, 0.5) is 0 Å². The third-order valence-corrected chi connectivity index (χ3v) is 6.02. The quantitative estimate of drug-likeness (QED) is 0.516. The van der Waals surface area contributed by atoms with Gasteiger partial charge >= 0.3 is 0 Å². The van der Waals surface area contributed by atoms with Crippen LogP contribution in [0.5, 0.6) is 5.75 Å². The van der Waals surface area contributed by atoms with Gasteiger partial charge in [0.25, 0.3) is 5.91 Å². The van der Waals surface area contributed by atoms with Gasteiger partial charge in [-0.3, -0.25) is 9.69 Å². The van der Waals surface area contributed by atoms with Gasteiger partial charge in [-0.1, -0.05) is 13.8 Å². The molecule has 1 atom stereocenters. The highest BCUT2D eigenvalue weighted by Crippen LogP contribution is 2.17. The van der Waals surface area contributed by atoms with Gasteiger partial charge < -0.3 is 14.8 Å². The molecule has 1 aliphatic heterocycles. The van der Waals surface area contributed by atoms with E-state index in [0.29, 0.717) is 24.8 Å². The number of rotatable bonds is 11. The maximum atomic E-state index is 12.4. The molecule has 0 spiro atoms. The lowest BCUT2D eigenvalue weighted by Gasteiger charge is -2.26. The standard InChI is InChI=1S/C20H33N3O5S/c1-16(2)15-21-20(24)17(3)28-18-5-7-19(8-6-18)29(25,26)22-9-4-10-23-11-13-27-14-12-23/h5-8,16-17,22H,4,9-15H2,1-3H3,(H,21,24)/t17-/m0/s1. The van der Waals surface area contributed by atoms with E-state index in [1.54, 1.807) is 19.1 Å². The predicted octanol–water partition coefficient (Wildman–Crippen LogP) is 1.23. The summed E-state index contributed by atoms with van der Waals surface area (Å²) >= 11 is 0. The molecule has 164 valence electrons. The minimum Gasteiger partial charge on any atom is -0.481 e. The first-order valence-electron chi connectivity index (χ1n) is 10.1. The van der Waals surface area contributed by atoms with Crippen LogP contribution in [0.1, 0.15) is 27.2 Å². The average Bonchev–Trinajstić information content (AvgIpc) is 2.70. The van der Waals surface area contributed by atoms with E-state index < -0.39 is 16.1 Å². The van der Waals surface area contributed by atoms with Gasteiger partial charge in [0, 0.05) is 26.2 Å². The SMILES string of the molecule is CC(C)CNC(=O)[C@H](C)Oc1ccc(S(=O)(=O)NCCCN2CCOCC2)cc1.